The maximum absolute atomic E-state index is 12.7. The lowest BCUT2D eigenvalue weighted by molar-refractivity contribution is -0.137. The zero-order valence-electron chi connectivity index (χ0n) is 21.9. The Bertz CT molecular complexity index is 1220. The molecule has 2 aliphatic heterocycles. The summed E-state index contributed by atoms with van der Waals surface area (Å²) in [5.41, 5.74) is 11.8. The number of nitrogens with zero attached hydrogens (tertiary/aromatic N) is 5. The number of hydrogen-bond acceptors (Lipinski definition) is 7. The molecule has 38 heavy (non-hydrogen) atoms. The van der Waals surface area contributed by atoms with E-state index in [2.05, 4.69) is 10.3 Å². The lowest BCUT2D eigenvalue weighted by atomic mass is 10.0. The lowest BCUT2D eigenvalue weighted by Gasteiger charge is -2.37. The number of nitrogens with two attached hydrogens (primary N) is 2. The molecule has 12 nitrogen and oxygen atoms in total. The Morgan fingerprint density at radius 2 is 1.55 bits per heavy atom. The Kier molecular flexibility index (Phi) is 8.12. The van der Waals surface area contributed by atoms with Crippen LogP contribution >= 0.6 is 0 Å². The van der Waals surface area contributed by atoms with Gasteiger partial charge in [-0.05, 0) is 50.5 Å². The van der Waals surface area contributed by atoms with E-state index < -0.39 is 17.3 Å². The van der Waals surface area contributed by atoms with Crippen LogP contribution in [0.15, 0.2) is 41.3 Å². The van der Waals surface area contributed by atoms with Crippen molar-refractivity contribution in [2.24, 2.45) is 11.5 Å². The van der Waals surface area contributed by atoms with Gasteiger partial charge in [0.2, 0.25) is 11.8 Å². The molecule has 2 saturated heterocycles. The molecule has 4 rings (SSSR count). The Hall–Kier alpha value is -3.77. The summed E-state index contributed by atoms with van der Waals surface area (Å²) in [6, 6.07) is 8.50. The van der Waals surface area contributed by atoms with E-state index in [1.54, 1.807) is 48.0 Å². The minimum atomic E-state index is -0.960. The second-order valence-electron chi connectivity index (χ2n) is 10.5. The monoisotopic (exact) mass is 524 g/mol. The molecule has 5 N–H and O–H groups in total. The van der Waals surface area contributed by atoms with Crippen molar-refractivity contribution in [2.45, 2.75) is 44.7 Å². The van der Waals surface area contributed by atoms with E-state index in [0.717, 1.165) is 18.4 Å². The number of likely N-dealkylation sites (tertiary alicyclic amines) is 1. The Balaban J connectivity index is 1.32. The van der Waals surface area contributed by atoms with Crippen LogP contribution in [0.4, 0.5) is 10.6 Å². The van der Waals surface area contributed by atoms with Crippen LogP contribution in [0, 0.1) is 0 Å². The van der Waals surface area contributed by atoms with Gasteiger partial charge >= 0.3 is 11.7 Å². The number of hydrogen-bond donors (Lipinski definition) is 3. The number of anilines is 1. The summed E-state index contributed by atoms with van der Waals surface area (Å²) in [5, 5.41) is 2.65. The molecule has 12 heteroatoms. The van der Waals surface area contributed by atoms with E-state index in [0.29, 0.717) is 51.4 Å². The van der Waals surface area contributed by atoms with Gasteiger partial charge < -0.3 is 26.2 Å². The molecule has 0 saturated carbocycles. The van der Waals surface area contributed by atoms with E-state index in [1.165, 1.54) is 4.57 Å². The van der Waals surface area contributed by atoms with Crippen LogP contribution < -0.4 is 22.5 Å². The van der Waals surface area contributed by atoms with Gasteiger partial charge in [0.05, 0.1) is 17.6 Å². The molecular weight excluding hydrogens is 488 g/mol. The van der Waals surface area contributed by atoms with E-state index in [4.69, 9.17) is 11.5 Å². The number of benzene rings is 1. The van der Waals surface area contributed by atoms with E-state index in [9.17, 15) is 19.2 Å². The summed E-state index contributed by atoms with van der Waals surface area (Å²) in [7, 11) is 0. The first-order chi connectivity index (χ1) is 18.0. The van der Waals surface area contributed by atoms with Crippen LogP contribution in [0.5, 0.6) is 0 Å². The quantitative estimate of drug-likeness (QED) is 0.501. The number of piperidine rings is 1. The number of carbonyl (C=O) groups excluding carboxylic acids is 3. The van der Waals surface area contributed by atoms with Gasteiger partial charge in [-0.15, -0.1) is 0 Å². The standard InChI is InChI=1S/C26H36N8O4/c1-26(2,28)23(36)32-13-15-33(16-14-32)24(37)29-21-9-12-34(25(38)30-21)20-5-3-18(4-6-20)17-22(35)31-10-7-19(27)8-11-31/h3-6,9,12,19H,7-8,10-11,13-17,27-28H2,1-2H3,(H,29,30,37,38). The molecule has 0 unspecified atom stereocenters. The van der Waals surface area contributed by atoms with Gasteiger partial charge in [0, 0.05) is 51.5 Å². The largest absolute Gasteiger partial charge is 0.354 e. The smallest absolute Gasteiger partial charge is 0.342 e. The number of aromatic nitrogens is 2. The zero-order valence-corrected chi connectivity index (χ0v) is 21.9. The third-order valence-electron chi connectivity index (χ3n) is 6.91. The highest BCUT2D eigenvalue weighted by atomic mass is 16.2. The number of amides is 4. The average molecular weight is 525 g/mol. The molecule has 2 aromatic rings. The van der Waals surface area contributed by atoms with E-state index >= 15 is 0 Å². The van der Waals surface area contributed by atoms with Gasteiger partial charge in [0.15, 0.2) is 0 Å². The van der Waals surface area contributed by atoms with Crippen molar-refractivity contribution in [1.29, 1.82) is 0 Å². The highest BCUT2D eigenvalue weighted by Crippen LogP contribution is 2.14. The highest BCUT2D eigenvalue weighted by molar-refractivity contribution is 5.89. The average Bonchev–Trinajstić information content (AvgIpc) is 2.89. The Morgan fingerprint density at radius 3 is 2.13 bits per heavy atom. The molecule has 0 atom stereocenters. The van der Waals surface area contributed by atoms with Crippen molar-refractivity contribution in [1.82, 2.24) is 24.3 Å². The summed E-state index contributed by atoms with van der Waals surface area (Å²) >= 11 is 0. The van der Waals surface area contributed by atoms with Gasteiger partial charge in [0.25, 0.3) is 0 Å². The Morgan fingerprint density at radius 1 is 0.947 bits per heavy atom. The molecule has 0 radical (unpaired) electrons. The zero-order chi connectivity index (χ0) is 27.4. The first-order valence-electron chi connectivity index (χ1n) is 12.9. The fourth-order valence-corrected chi connectivity index (χ4v) is 4.59. The van der Waals surface area contributed by atoms with E-state index in [-0.39, 0.29) is 23.7 Å². The highest BCUT2D eigenvalue weighted by Gasteiger charge is 2.31. The van der Waals surface area contributed by atoms with Gasteiger partial charge in [-0.3, -0.25) is 19.5 Å². The van der Waals surface area contributed by atoms with Gasteiger partial charge in [-0.25, -0.2) is 9.59 Å². The fourth-order valence-electron chi connectivity index (χ4n) is 4.59. The van der Waals surface area contributed by atoms with Gasteiger partial charge in [-0.1, -0.05) is 12.1 Å². The minimum absolute atomic E-state index is 0.0693. The molecule has 2 fully saturated rings. The Labute approximate surface area is 221 Å². The van der Waals surface area contributed by atoms with Crippen molar-refractivity contribution < 1.29 is 14.4 Å². The predicted molar refractivity (Wildman–Crippen MR) is 143 cm³/mol. The molecule has 204 valence electrons. The van der Waals surface area contributed by atoms with Crippen LogP contribution in [-0.2, 0) is 16.0 Å². The number of rotatable bonds is 5. The molecule has 4 amide bonds. The second kappa shape index (κ2) is 11.3. The number of piperazine rings is 1. The summed E-state index contributed by atoms with van der Waals surface area (Å²) in [6.07, 6.45) is 3.48. The predicted octanol–water partition coefficient (Wildman–Crippen LogP) is 0.138. The summed E-state index contributed by atoms with van der Waals surface area (Å²) < 4.78 is 1.37. The SMILES string of the molecule is CC(C)(N)C(=O)N1CCN(C(=O)Nc2ccn(-c3ccc(CC(=O)N4CCC(N)CC4)cc3)c(=O)n2)CC1. The molecule has 3 heterocycles. The topological polar surface area (TPSA) is 160 Å². The number of nitrogens with one attached hydrogen (secondary N) is 1. The number of urea groups is 1. The van der Waals surface area contributed by atoms with Gasteiger partial charge in [0.1, 0.15) is 5.82 Å². The maximum atomic E-state index is 12.7. The molecule has 0 aliphatic carbocycles. The lowest BCUT2D eigenvalue weighted by Crippen LogP contribution is -2.58. The van der Waals surface area contributed by atoms with Gasteiger partial charge in [-0.2, -0.15) is 4.98 Å². The van der Waals surface area contributed by atoms with Crippen LogP contribution in [0.2, 0.25) is 0 Å². The molecule has 1 aromatic heterocycles. The van der Waals surface area contributed by atoms with E-state index in [1.807, 2.05) is 17.0 Å². The molecule has 1 aromatic carbocycles. The van der Waals surface area contributed by atoms with Crippen molar-refractivity contribution in [3.8, 4) is 5.69 Å². The molecule has 0 bridgehead atoms. The van der Waals surface area contributed by atoms with Crippen molar-refractivity contribution >= 4 is 23.7 Å². The first kappa shape index (κ1) is 27.3. The maximum Gasteiger partial charge on any atom is 0.354 e. The molecule has 0 spiro atoms. The summed E-state index contributed by atoms with van der Waals surface area (Å²) in [6.45, 7) is 6.16. The van der Waals surface area contributed by atoms with Crippen LogP contribution in [-0.4, -0.2) is 92.9 Å². The molecular formula is C26H36N8O4. The van der Waals surface area contributed by atoms with Crippen LogP contribution in [0.25, 0.3) is 5.69 Å². The van der Waals surface area contributed by atoms with Crippen molar-refractivity contribution in [3.63, 3.8) is 0 Å². The third-order valence-corrected chi connectivity index (χ3v) is 6.91. The minimum Gasteiger partial charge on any atom is -0.342 e. The van der Waals surface area contributed by atoms with Crippen molar-refractivity contribution in [2.75, 3.05) is 44.6 Å². The fraction of sp³-hybridized carbons (Fsp3) is 0.500. The first-order valence-corrected chi connectivity index (χ1v) is 12.9. The van der Waals surface area contributed by atoms with Crippen LogP contribution in [0.3, 0.4) is 0 Å². The van der Waals surface area contributed by atoms with Crippen LogP contribution in [0.1, 0.15) is 32.3 Å². The van der Waals surface area contributed by atoms with Crippen molar-refractivity contribution in [3.05, 3.63) is 52.6 Å². The normalized spacial score (nSPS) is 16.9. The number of carbonyl (C=O) groups is 3. The third kappa shape index (κ3) is 6.56. The molecule has 2 aliphatic rings. The second-order valence-corrected chi connectivity index (χ2v) is 10.5. The summed E-state index contributed by atoms with van der Waals surface area (Å²) in [5.74, 6) is 0.0517. The summed E-state index contributed by atoms with van der Waals surface area (Å²) in [4.78, 5) is 59.3.